The molecule has 0 unspecified atom stereocenters. The van der Waals surface area contributed by atoms with Gasteiger partial charge in [-0.1, -0.05) is 12.1 Å². The zero-order valence-electron chi connectivity index (χ0n) is 16.8. The van der Waals surface area contributed by atoms with Crippen LogP contribution in [-0.4, -0.2) is 53.8 Å². The zero-order chi connectivity index (χ0) is 21.9. The minimum atomic E-state index is -4.45. The Bertz CT molecular complexity index is 812. The molecule has 2 atom stereocenters. The molecule has 0 N–H and O–H groups in total. The molecule has 0 radical (unpaired) electrons. The SMILES string of the molecule is CCOC(=O)[C@H]1CCCN(C(=O)[C@@H]2CC(=O)N(Cc3cccc(C(F)(F)F)c3)C2)C1. The summed E-state index contributed by atoms with van der Waals surface area (Å²) < 4.78 is 43.8. The molecule has 2 aliphatic heterocycles. The summed E-state index contributed by atoms with van der Waals surface area (Å²) in [4.78, 5) is 40.3. The maximum absolute atomic E-state index is 12.9. The summed E-state index contributed by atoms with van der Waals surface area (Å²) in [7, 11) is 0. The molecule has 2 amide bonds. The second kappa shape index (κ2) is 9.06. The van der Waals surface area contributed by atoms with Crippen LogP contribution in [0.4, 0.5) is 13.2 Å². The Morgan fingerprint density at radius 2 is 1.97 bits per heavy atom. The number of piperidine rings is 1. The fourth-order valence-electron chi connectivity index (χ4n) is 4.04. The maximum Gasteiger partial charge on any atom is 0.416 e. The first kappa shape index (κ1) is 22.1. The van der Waals surface area contributed by atoms with Crippen LogP contribution in [0.15, 0.2) is 24.3 Å². The number of hydrogen-bond donors (Lipinski definition) is 0. The van der Waals surface area contributed by atoms with Gasteiger partial charge in [-0.15, -0.1) is 0 Å². The number of benzene rings is 1. The molecule has 1 aromatic carbocycles. The quantitative estimate of drug-likeness (QED) is 0.680. The first-order valence-electron chi connectivity index (χ1n) is 10.1. The van der Waals surface area contributed by atoms with E-state index in [0.29, 0.717) is 24.9 Å². The van der Waals surface area contributed by atoms with E-state index in [9.17, 15) is 27.6 Å². The molecule has 0 bridgehead atoms. The Hall–Kier alpha value is -2.58. The Balaban J connectivity index is 1.61. The molecule has 2 aliphatic rings. The number of rotatable bonds is 5. The van der Waals surface area contributed by atoms with Crippen molar-refractivity contribution < 1.29 is 32.3 Å². The highest BCUT2D eigenvalue weighted by Crippen LogP contribution is 2.31. The molecule has 2 heterocycles. The van der Waals surface area contributed by atoms with Crippen molar-refractivity contribution in [1.29, 1.82) is 0 Å². The maximum atomic E-state index is 12.9. The first-order chi connectivity index (χ1) is 14.2. The largest absolute Gasteiger partial charge is 0.466 e. The van der Waals surface area contributed by atoms with Crippen molar-refractivity contribution in [2.45, 2.75) is 38.9 Å². The number of hydrogen-bond acceptors (Lipinski definition) is 4. The predicted octanol–water partition coefficient (Wildman–Crippen LogP) is 2.86. The van der Waals surface area contributed by atoms with E-state index < -0.39 is 17.7 Å². The van der Waals surface area contributed by atoms with E-state index in [1.54, 1.807) is 11.8 Å². The second-order valence-electron chi connectivity index (χ2n) is 7.75. The molecular formula is C21H25F3N2O4. The van der Waals surface area contributed by atoms with Crippen LogP contribution in [-0.2, 0) is 31.8 Å². The zero-order valence-corrected chi connectivity index (χ0v) is 16.8. The molecule has 3 rings (SSSR count). The lowest BCUT2D eigenvalue weighted by molar-refractivity contribution is -0.152. The van der Waals surface area contributed by atoms with Crippen molar-refractivity contribution in [3.63, 3.8) is 0 Å². The summed E-state index contributed by atoms with van der Waals surface area (Å²) in [5, 5.41) is 0. The standard InChI is InChI=1S/C21H25F3N2O4/c1-2-30-20(29)15-6-4-8-25(12-15)19(28)16-10-18(27)26(13-16)11-14-5-3-7-17(9-14)21(22,23)24/h3,5,7,9,15-16H,2,4,6,8,10-13H2,1H3/t15-,16+/m0/s1. The number of halogens is 3. The number of esters is 1. The van der Waals surface area contributed by atoms with Crippen molar-refractivity contribution in [2.75, 3.05) is 26.2 Å². The molecule has 0 spiro atoms. The third-order valence-corrected chi connectivity index (χ3v) is 5.54. The summed E-state index contributed by atoms with van der Waals surface area (Å²) in [6.07, 6.45) is -3.08. The highest BCUT2D eigenvalue weighted by Gasteiger charge is 2.39. The minimum absolute atomic E-state index is 0.0258. The van der Waals surface area contributed by atoms with Crippen LogP contribution in [0.1, 0.15) is 37.3 Å². The van der Waals surface area contributed by atoms with Crippen LogP contribution >= 0.6 is 0 Å². The Morgan fingerprint density at radius 3 is 2.67 bits per heavy atom. The van der Waals surface area contributed by atoms with Gasteiger partial charge in [-0.2, -0.15) is 13.2 Å². The van der Waals surface area contributed by atoms with Crippen LogP contribution in [0.25, 0.3) is 0 Å². The number of carbonyl (C=O) groups excluding carboxylic acids is 3. The van der Waals surface area contributed by atoms with Gasteiger partial charge >= 0.3 is 12.1 Å². The normalized spacial score (nSPS) is 22.3. The van der Waals surface area contributed by atoms with Gasteiger partial charge in [-0.05, 0) is 37.5 Å². The van der Waals surface area contributed by atoms with Gasteiger partial charge < -0.3 is 14.5 Å². The van der Waals surface area contributed by atoms with E-state index in [-0.39, 0.29) is 56.4 Å². The van der Waals surface area contributed by atoms with E-state index in [1.165, 1.54) is 17.0 Å². The highest BCUT2D eigenvalue weighted by atomic mass is 19.4. The summed E-state index contributed by atoms with van der Waals surface area (Å²) in [6.45, 7) is 2.99. The van der Waals surface area contributed by atoms with E-state index in [0.717, 1.165) is 12.1 Å². The number of likely N-dealkylation sites (tertiary alicyclic amines) is 2. The van der Waals surface area contributed by atoms with E-state index >= 15 is 0 Å². The van der Waals surface area contributed by atoms with Crippen LogP contribution in [0.3, 0.4) is 0 Å². The molecule has 0 aromatic heterocycles. The van der Waals surface area contributed by atoms with Gasteiger partial charge in [0.2, 0.25) is 11.8 Å². The monoisotopic (exact) mass is 426 g/mol. The fourth-order valence-corrected chi connectivity index (χ4v) is 4.04. The average molecular weight is 426 g/mol. The van der Waals surface area contributed by atoms with Crippen molar-refractivity contribution in [3.05, 3.63) is 35.4 Å². The Kier molecular flexibility index (Phi) is 6.67. The van der Waals surface area contributed by atoms with Gasteiger partial charge in [0, 0.05) is 32.6 Å². The minimum Gasteiger partial charge on any atom is -0.466 e. The fraction of sp³-hybridized carbons (Fsp3) is 0.571. The van der Waals surface area contributed by atoms with Crippen molar-refractivity contribution in [1.82, 2.24) is 9.80 Å². The van der Waals surface area contributed by atoms with Gasteiger partial charge in [-0.25, -0.2) is 0 Å². The van der Waals surface area contributed by atoms with E-state index in [2.05, 4.69) is 0 Å². The van der Waals surface area contributed by atoms with Crippen LogP contribution in [0, 0.1) is 11.8 Å². The lowest BCUT2D eigenvalue weighted by Crippen LogP contribution is -2.45. The van der Waals surface area contributed by atoms with E-state index in [1.807, 2.05) is 0 Å². The second-order valence-corrected chi connectivity index (χ2v) is 7.75. The molecule has 2 saturated heterocycles. The highest BCUT2D eigenvalue weighted by molar-refractivity contribution is 5.89. The topological polar surface area (TPSA) is 66.9 Å². The molecule has 0 aliphatic carbocycles. The summed E-state index contributed by atoms with van der Waals surface area (Å²) in [6, 6.07) is 4.85. The van der Waals surface area contributed by atoms with Gasteiger partial charge in [-0.3, -0.25) is 14.4 Å². The molecule has 6 nitrogen and oxygen atoms in total. The molecular weight excluding hydrogens is 401 g/mol. The summed E-state index contributed by atoms with van der Waals surface area (Å²) in [5.41, 5.74) is -0.399. The van der Waals surface area contributed by atoms with Crippen molar-refractivity contribution in [2.24, 2.45) is 11.8 Å². The van der Waals surface area contributed by atoms with Gasteiger partial charge in [0.1, 0.15) is 0 Å². The van der Waals surface area contributed by atoms with Crippen LogP contribution in [0.5, 0.6) is 0 Å². The van der Waals surface area contributed by atoms with Crippen LogP contribution < -0.4 is 0 Å². The molecule has 1 aromatic rings. The lowest BCUT2D eigenvalue weighted by atomic mass is 9.96. The van der Waals surface area contributed by atoms with Crippen LogP contribution in [0.2, 0.25) is 0 Å². The summed E-state index contributed by atoms with van der Waals surface area (Å²) in [5.74, 6) is -1.68. The van der Waals surface area contributed by atoms with Gasteiger partial charge in [0.25, 0.3) is 0 Å². The Labute approximate surface area is 173 Å². The van der Waals surface area contributed by atoms with Gasteiger partial charge in [0.05, 0.1) is 24.0 Å². The molecule has 2 fully saturated rings. The smallest absolute Gasteiger partial charge is 0.416 e. The van der Waals surface area contributed by atoms with E-state index in [4.69, 9.17) is 4.74 Å². The third kappa shape index (κ3) is 5.12. The average Bonchev–Trinajstić information content (AvgIpc) is 3.07. The number of carbonyl (C=O) groups is 3. The molecule has 30 heavy (non-hydrogen) atoms. The first-order valence-corrected chi connectivity index (χ1v) is 10.1. The molecule has 9 heteroatoms. The Morgan fingerprint density at radius 1 is 1.20 bits per heavy atom. The number of ether oxygens (including phenoxy) is 1. The molecule has 164 valence electrons. The van der Waals surface area contributed by atoms with Crippen molar-refractivity contribution in [3.8, 4) is 0 Å². The third-order valence-electron chi connectivity index (χ3n) is 5.54. The molecule has 0 saturated carbocycles. The number of nitrogens with zero attached hydrogens (tertiary/aromatic N) is 2. The number of alkyl halides is 3. The predicted molar refractivity (Wildman–Crippen MR) is 101 cm³/mol. The number of amides is 2. The summed E-state index contributed by atoms with van der Waals surface area (Å²) >= 11 is 0. The lowest BCUT2D eigenvalue weighted by Gasteiger charge is -2.33. The van der Waals surface area contributed by atoms with Gasteiger partial charge in [0.15, 0.2) is 0 Å². The van der Waals surface area contributed by atoms with Crippen molar-refractivity contribution >= 4 is 17.8 Å².